The van der Waals surface area contributed by atoms with E-state index >= 15 is 0 Å². The van der Waals surface area contributed by atoms with Crippen molar-refractivity contribution in [1.29, 1.82) is 0 Å². The third-order valence-electron chi connectivity index (χ3n) is 5.17. The van der Waals surface area contributed by atoms with Crippen LogP contribution < -0.4 is 9.80 Å². The molecule has 3 aliphatic heterocycles. The van der Waals surface area contributed by atoms with Gasteiger partial charge in [0.2, 0.25) is 5.95 Å². The van der Waals surface area contributed by atoms with Gasteiger partial charge in [0.1, 0.15) is 5.82 Å². The zero-order valence-electron chi connectivity index (χ0n) is 13.1. The van der Waals surface area contributed by atoms with Gasteiger partial charge >= 0.3 is 0 Å². The Morgan fingerprint density at radius 3 is 2.55 bits per heavy atom. The predicted octanol–water partition coefficient (Wildman–Crippen LogP) is 0.722. The monoisotopic (exact) mass is 303 g/mol. The van der Waals surface area contributed by atoms with Gasteiger partial charge in [0.05, 0.1) is 6.10 Å². The molecular formula is C16H25N5O. The fourth-order valence-corrected chi connectivity index (χ4v) is 3.75. The molecule has 4 heterocycles. The van der Waals surface area contributed by atoms with Gasteiger partial charge in [0.15, 0.2) is 0 Å². The molecule has 0 aromatic carbocycles. The van der Waals surface area contributed by atoms with E-state index in [0.29, 0.717) is 12.6 Å². The lowest BCUT2D eigenvalue weighted by Gasteiger charge is -2.46. The Morgan fingerprint density at radius 2 is 1.82 bits per heavy atom. The Kier molecular flexibility index (Phi) is 3.88. The lowest BCUT2D eigenvalue weighted by Crippen LogP contribution is -2.61. The highest BCUT2D eigenvalue weighted by atomic mass is 16.3. The first kappa shape index (κ1) is 14.2. The number of hydrogen-bond donors (Lipinski definition) is 1. The van der Waals surface area contributed by atoms with Gasteiger partial charge < -0.3 is 14.9 Å². The standard InChI is InChI=1S/C16H25N5O/c22-14-5-9-20(12-14)15-4-6-17-16(18-15)21-10-13(11-21)19-7-2-1-3-8-19/h4,6,13-14,22H,1-3,5,7-12H2. The van der Waals surface area contributed by atoms with Gasteiger partial charge in [0, 0.05) is 38.4 Å². The number of aromatic nitrogens is 2. The Hall–Kier alpha value is -1.40. The minimum absolute atomic E-state index is 0.217. The number of hydrogen-bond acceptors (Lipinski definition) is 6. The zero-order chi connectivity index (χ0) is 14.9. The second-order valence-corrected chi connectivity index (χ2v) is 6.76. The highest BCUT2D eigenvalue weighted by molar-refractivity contribution is 5.46. The summed E-state index contributed by atoms with van der Waals surface area (Å²) in [6.07, 6.45) is 6.54. The average Bonchev–Trinajstić information content (AvgIpc) is 2.94. The van der Waals surface area contributed by atoms with E-state index in [4.69, 9.17) is 4.98 Å². The molecule has 3 saturated heterocycles. The van der Waals surface area contributed by atoms with Crippen molar-refractivity contribution in [3.63, 3.8) is 0 Å². The maximum absolute atomic E-state index is 9.67. The third-order valence-corrected chi connectivity index (χ3v) is 5.17. The van der Waals surface area contributed by atoms with Crippen molar-refractivity contribution in [1.82, 2.24) is 14.9 Å². The van der Waals surface area contributed by atoms with Crippen LogP contribution in [0.3, 0.4) is 0 Å². The fourth-order valence-electron chi connectivity index (χ4n) is 3.75. The molecule has 3 fully saturated rings. The van der Waals surface area contributed by atoms with Crippen LogP contribution in [0, 0.1) is 0 Å². The highest BCUT2D eigenvalue weighted by Gasteiger charge is 2.34. The molecular weight excluding hydrogens is 278 g/mol. The molecule has 1 aromatic heterocycles. The first-order valence-corrected chi connectivity index (χ1v) is 8.54. The minimum Gasteiger partial charge on any atom is -0.391 e. The molecule has 4 rings (SSSR count). The lowest BCUT2D eigenvalue weighted by molar-refractivity contribution is 0.138. The quantitative estimate of drug-likeness (QED) is 0.888. The Morgan fingerprint density at radius 1 is 1.00 bits per heavy atom. The predicted molar refractivity (Wildman–Crippen MR) is 86.3 cm³/mol. The van der Waals surface area contributed by atoms with Gasteiger partial charge in [-0.25, -0.2) is 4.98 Å². The zero-order valence-corrected chi connectivity index (χ0v) is 13.1. The van der Waals surface area contributed by atoms with E-state index in [2.05, 4.69) is 19.7 Å². The van der Waals surface area contributed by atoms with Crippen LogP contribution in [0.2, 0.25) is 0 Å². The van der Waals surface area contributed by atoms with Crippen molar-refractivity contribution in [3.8, 4) is 0 Å². The molecule has 120 valence electrons. The third kappa shape index (κ3) is 2.77. The minimum atomic E-state index is -0.217. The van der Waals surface area contributed by atoms with Crippen LogP contribution in [-0.4, -0.2) is 71.4 Å². The van der Waals surface area contributed by atoms with Crippen LogP contribution in [0.1, 0.15) is 25.7 Å². The molecule has 1 atom stereocenters. The number of nitrogens with zero attached hydrogens (tertiary/aromatic N) is 5. The SMILES string of the molecule is OC1CCN(c2ccnc(N3CC(N4CCCCC4)C3)n2)C1. The van der Waals surface area contributed by atoms with E-state index in [-0.39, 0.29) is 6.10 Å². The lowest BCUT2D eigenvalue weighted by atomic mass is 10.0. The molecule has 0 aliphatic carbocycles. The number of β-amino-alcohol motifs (C(OH)–C–C–N with tert-alkyl or cyclic N) is 1. The van der Waals surface area contributed by atoms with Crippen LogP contribution >= 0.6 is 0 Å². The second kappa shape index (κ2) is 6.01. The summed E-state index contributed by atoms with van der Waals surface area (Å²) in [5, 5.41) is 9.67. The van der Waals surface area contributed by atoms with Crippen molar-refractivity contribution in [2.75, 3.05) is 49.1 Å². The molecule has 0 amide bonds. The number of anilines is 2. The van der Waals surface area contributed by atoms with Gasteiger partial charge in [-0.3, -0.25) is 4.90 Å². The van der Waals surface area contributed by atoms with Gasteiger partial charge in [-0.15, -0.1) is 0 Å². The summed E-state index contributed by atoms with van der Waals surface area (Å²) in [6, 6.07) is 2.63. The van der Waals surface area contributed by atoms with Crippen LogP contribution in [0.25, 0.3) is 0 Å². The summed E-state index contributed by atoms with van der Waals surface area (Å²) < 4.78 is 0. The molecule has 0 spiro atoms. The molecule has 0 radical (unpaired) electrons. The number of piperidine rings is 1. The number of likely N-dealkylation sites (tertiary alicyclic amines) is 1. The second-order valence-electron chi connectivity index (χ2n) is 6.76. The van der Waals surface area contributed by atoms with Crippen LogP contribution in [0.15, 0.2) is 12.3 Å². The Bertz CT molecular complexity index is 513. The molecule has 3 aliphatic rings. The van der Waals surface area contributed by atoms with Crippen molar-refractivity contribution in [2.24, 2.45) is 0 Å². The molecule has 1 aromatic rings. The average molecular weight is 303 g/mol. The van der Waals surface area contributed by atoms with E-state index in [9.17, 15) is 5.11 Å². The number of aliphatic hydroxyl groups excluding tert-OH is 1. The number of rotatable bonds is 3. The summed E-state index contributed by atoms with van der Waals surface area (Å²) in [7, 11) is 0. The fraction of sp³-hybridized carbons (Fsp3) is 0.750. The summed E-state index contributed by atoms with van der Waals surface area (Å²) in [5.41, 5.74) is 0. The van der Waals surface area contributed by atoms with Crippen molar-refractivity contribution < 1.29 is 5.11 Å². The molecule has 22 heavy (non-hydrogen) atoms. The molecule has 1 unspecified atom stereocenters. The van der Waals surface area contributed by atoms with Crippen LogP contribution in [-0.2, 0) is 0 Å². The van der Waals surface area contributed by atoms with E-state index in [1.807, 2.05) is 12.3 Å². The molecule has 0 saturated carbocycles. The van der Waals surface area contributed by atoms with E-state index in [0.717, 1.165) is 37.8 Å². The first-order valence-electron chi connectivity index (χ1n) is 8.54. The summed E-state index contributed by atoms with van der Waals surface area (Å²) in [4.78, 5) is 16.2. The van der Waals surface area contributed by atoms with Crippen LogP contribution in [0.5, 0.6) is 0 Å². The van der Waals surface area contributed by atoms with Gasteiger partial charge in [-0.05, 0) is 38.4 Å². The Balaban J connectivity index is 1.37. The van der Waals surface area contributed by atoms with Crippen molar-refractivity contribution in [2.45, 2.75) is 37.8 Å². The number of aliphatic hydroxyl groups is 1. The normalized spacial score (nSPS) is 27.2. The molecule has 1 N–H and O–H groups in total. The smallest absolute Gasteiger partial charge is 0.227 e. The molecule has 0 bridgehead atoms. The maximum atomic E-state index is 9.67. The topological polar surface area (TPSA) is 55.7 Å². The van der Waals surface area contributed by atoms with E-state index in [1.165, 1.54) is 32.4 Å². The van der Waals surface area contributed by atoms with Gasteiger partial charge in [-0.2, -0.15) is 4.98 Å². The molecule has 6 nitrogen and oxygen atoms in total. The summed E-state index contributed by atoms with van der Waals surface area (Å²) in [5.74, 6) is 1.79. The van der Waals surface area contributed by atoms with E-state index in [1.54, 1.807) is 0 Å². The van der Waals surface area contributed by atoms with Gasteiger partial charge in [-0.1, -0.05) is 6.42 Å². The summed E-state index contributed by atoms with van der Waals surface area (Å²) >= 11 is 0. The van der Waals surface area contributed by atoms with Crippen LogP contribution in [0.4, 0.5) is 11.8 Å². The maximum Gasteiger partial charge on any atom is 0.227 e. The Labute approximate surface area is 131 Å². The first-order chi connectivity index (χ1) is 10.8. The highest BCUT2D eigenvalue weighted by Crippen LogP contribution is 2.25. The van der Waals surface area contributed by atoms with E-state index < -0.39 is 0 Å². The summed E-state index contributed by atoms with van der Waals surface area (Å²) in [6.45, 7) is 6.18. The van der Waals surface area contributed by atoms with Crippen molar-refractivity contribution in [3.05, 3.63) is 12.3 Å². The molecule has 6 heteroatoms. The largest absolute Gasteiger partial charge is 0.391 e. The van der Waals surface area contributed by atoms with Gasteiger partial charge in [0.25, 0.3) is 0 Å². The van der Waals surface area contributed by atoms with Crippen molar-refractivity contribution >= 4 is 11.8 Å².